The standard InChI is InChI=1S/C33H38Cl2N2O3/c1-33(2,3)25-14-16-27(17-15-25)40-22-31(38)37(21-24-13-18-28(34)29(35)19-24)30(20-23-9-5-4-6-10-23)32(39)36-26-11-7-8-12-26/h4-6,9-10,13-19,26,30H,7-8,11-12,20-22H2,1-3H3,(H,36,39). The minimum absolute atomic E-state index is 0.0162. The Morgan fingerprint density at radius 1 is 0.925 bits per heavy atom. The van der Waals surface area contributed by atoms with Crippen LogP contribution in [0.1, 0.15) is 63.1 Å². The first-order chi connectivity index (χ1) is 19.1. The molecule has 7 heteroatoms. The van der Waals surface area contributed by atoms with Crippen molar-refractivity contribution in [1.82, 2.24) is 10.2 Å². The lowest BCUT2D eigenvalue weighted by atomic mass is 9.87. The summed E-state index contributed by atoms with van der Waals surface area (Å²) in [6, 6.07) is 22.2. The third-order valence-corrected chi connectivity index (χ3v) is 8.13. The topological polar surface area (TPSA) is 58.6 Å². The van der Waals surface area contributed by atoms with E-state index in [1.54, 1.807) is 17.0 Å². The maximum atomic E-state index is 13.8. The molecule has 5 nitrogen and oxygen atoms in total. The fourth-order valence-electron chi connectivity index (χ4n) is 5.04. The Hall–Kier alpha value is -3.02. The second-order valence-electron chi connectivity index (χ2n) is 11.5. The number of carbonyl (C=O) groups is 2. The maximum absolute atomic E-state index is 13.8. The van der Waals surface area contributed by atoms with Crippen molar-refractivity contribution in [2.75, 3.05) is 6.61 Å². The average Bonchev–Trinajstić information content (AvgIpc) is 3.44. The third kappa shape index (κ3) is 8.25. The van der Waals surface area contributed by atoms with E-state index in [2.05, 4.69) is 26.1 Å². The highest BCUT2D eigenvalue weighted by Gasteiger charge is 2.32. The number of nitrogens with zero attached hydrogens (tertiary/aromatic N) is 1. The van der Waals surface area contributed by atoms with Gasteiger partial charge in [-0.2, -0.15) is 0 Å². The number of nitrogens with one attached hydrogen (secondary N) is 1. The van der Waals surface area contributed by atoms with E-state index < -0.39 is 6.04 Å². The molecule has 3 aromatic rings. The molecule has 0 heterocycles. The van der Waals surface area contributed by atoms with Crippen molar-refractivity contribution in [3.63, 3.8) is 0 Å². The van der Waals surface area contributed by atoms with Gasteiger partial charge in [-0.1, -0.05) is 105 Å². The summed E-state index contributed by atoms with van der Waals surface area (Å²) >= 11 is 12.5. The predicted molar refractivity (Wildman–Crippen MR) is 162 cm³/mol. The number of carbonyl (C=O) groups excluding carboxylic acids is 2. The van der Waals surface area contributed by atoms with E-state index in [1.807, 2.05) is 60.7 Å². The van der Waals surface area contributed by atoms with E-state index in [0.717, 1.165) is 36.8 Å². The zero-order valence-corrected chi connectivity index (χ0v) is 25.0. The first kappa shape index (κ1) is 30.0. The highest BCUT2D eigenvalue weighted by Crippen LogP contribution is 2.26. The number of hydrogen-bond acceptors (Lipinski definition) is 3. The normalized spacial score (nSPS) is 14.5. The molecule has 1 aliphatic rings. The van der Waals surface area contributed by atoms with Gasteiger partial charge in [-0.25, -0.2) is 0 Å². The van der Waals surface area contributed by atoms with Gasteiger partial charge in [-0.05, 0) is 59.2 Å². The maximum Gasteiger partial charge on any atom is 0.261 e. The van der Waals surface area contributed by atoms with Crippen LogP contribution in [0, 0.1) is 0 Å². The molecule has 1 fully saturated rings. The van der Waals surface area contributed by atoms with E-state index in [1.165, 1.54) is 5.56 Å². The average molecular weight is 582 g/mol. The fraction of sp³-hybridized carbons (Fsp3) is 0.394. The first-order valence-corrected chi connectivity index (χ1v) is 14.7. The molecule has 1 saturated carbocycles. The van der Waals surface area contributed by atoms with Crippen LogP contribution >= 0.6 is 23.2 Å². The van der Waals surface area contributed by atoms with Gasteiger partial charge in [0.1, 0.15) is 11.8 Å². The van der Waals surface area contributed by atoms with Crippen molar-refractivity contribution in [2.24, 2.45) is 0 Å². The molecule has 1 N–H and O–H groups in total. The van der Waals surface area contributed by atoms with E-state index in [-0.39, 0.29) is 36.4 Å². The number of hydrogen-bond donors (Lipinski definition) is 1. The van der Waals surface area contributed by atoms with E-state index in [9.17, 15) is 9.59 Å². The van der Waals surface area contributed by atoms with Crippen LogP contribution in [0.25, 0.3) is 0 Å². The summed E-state index contributed by atoms with van der Waals surface area (Å²) in [6.07, 6.45) is 4.49. The summed E-state index contributed by atoms with van der Waals surface area (Å²) in [5.41, 5.74) is 2.95. The van der Waals surface area contributed by atoms with E-state index >= 15 is 0 Å². The van der Waals surface area contributed by atoms with Crippen LogP contribution in [-0.2, 0) is 28.0 Å². The lowest BCUT2D eigenvalue weighted by molar-refractivity contribution is -0.143. The van der Waals surface area contributed by atoms with E-state index in [4.69, 9.17) is 27.9 Å². The molecule has 40 heavy (non-hydrogen) atoms. The summed E-state index contributed by atoms with van der Waals surface area (Å²) in [4.78, 5) is 29.2. The summed E-state index contributed by atoms with van der Waals surface area (Å²) in [5.74, 6) is 0.165. The van der Waals surface area contributed by atoms with Gasteiger partial charge in [-0.15, -0.1) is 0 Å². The molecule has 0 aliphatic heterocycles. The Morgan fingerprint density at radius 2 is 1.60 bits per heavy atom. The number of ether oxygens (including phenoxy) is 1. The minimum Gasteiger partial charge on any atom is -0.484 e. The van der Waals surface area contributed by atoms with Crippen LogP contribution in [0.15, 0.2) is 72.8 Å². The van der Waals surface area contributed by atoms with Crippen LogP contribution in [0.3, 0.4) is 0 Å². The SMILES string of the molecule is CC(C)(C)c1ccc(OCC(=O)N(Cc2ccc(Cl)c(Cl)c2)C(Cc2ccccc2)C(=O)NC2CCCC2)cc1. The predicted octanol–water partition coefficient (Wildman–Crippen LogP) is 7.37. The van der Waals surface area contributed by atoms with Crippen molar-refractivity contribution in [3.8, 4) is 5.75 Å². The van der Waals surface area contributed by atoms with Gasteiger partial charge >= 0.3 is 0 Å². The largest absolute Gasteiger partial charge is 0.484 e. The number of benzene rings is 3. The van der Waals surface area contributed by atoms with Gasteiger partial charge in [0.2, 0.25) is 5.91 Å². The van der Waals surface area contributed by atoms with Crippen molar-refractivity contribution < 1.29 is 14.3 Å². The number of halogens is 2. The molecule has 212 valence electrons. The molecule has 0 saturated heterocycles. The molecule has 0 spiro atoms. The summed E-state index contributed by atoms with van der Waals surface area (Å²) < 4.78 is 5.94. The Morgan fingerprint density at radius 3 is 2.23 bits per heavy atom. The number of rotatable bonds is 10. The molecule has 1 atom stereocenters. The molecule has 1 unspecified atom stereocenters. The van der Waals surface area contributed by atoms with Crippen molar-refractivity contribution in [2.45, 2.75) is 76.9 Å². The Balaban J connectivity index is 1.60. The van der Waals surface area contributed by atoms with Crippen molar-refractivity contribution in [3.05, 3.63) is 99.5 Å². The van der Waals surface area contributed by atoms with Gasteiger partial charge in [0.25, 0.3) is 5.91 Å². The fourth-order valence-corrected chi connectivity index (χ4v) is 5.36. The monoisotopic (exact) mass is 580 g/mol. The van der Waals surface area contributed by atoms with Gasteiger partial charge in [-0.3, -0.25) is 9.59 Å². The van der Waals surface area contributed by atoms with Gasteiger partial charge in [0.15, 0.2) is 6.61 Å². The van der Waals surface area contributed by atoms with E-state index in [0.29, 0.717) is 22.2 Å². The lowest BCUT2D eigenvalue weighted by Crippen LogP contribution is -2.53. The summed E-state index contributed by atoms with van der Waals surface area (Å²) in [5, 5.41) is 4.05. The van der Waals surface area contributed by atoms with Crippen LogP contribution in [0.5, 0.6) is 5.75 Å². The Labute approximate surface area is 247 Å². The minimum atomic E-state index is -0.725. The molecule has 1 aliphatic carbocycles. The molecule has 0 radical (unpaired) electrons. The van der Waals surface area contributed by atoms with Crippen LogP contribution < -0.4 is 10.1 Å². The third-order valence-electron chi connectivity index (χ3n) is 7.39. The molecule has 2 amide bonds. The Kier molecular flexibility index (Phi) is 10.2. The molecule has 0 bridgehead atoms. The molecule has 4 rings (SSSR count). The first-order valence-electron chi connectivity index (χ1n) is 13.9. The highest BCUT2D eigenvalue weighted by molar-refractivity contribution is 6.42. The molecule has 0 aromatic heterocycles. The molecular weight excluding hydrogens is 543 g/mol. The summed E-state index contributed by atoms with van der Waals surface area (Å²) in [6.45, 7) is 6.44. The van der Waals surface area contributed by atoms with Crippen LogP contribution in [-0.4, -0.2) is 35.4 Å². The Bertz CT molecular complexity index is 1280. The van der Waals surface area contributed by atoms with Crippen molar-refractivity contribution >= 4 is 35.0 Å². The highest BCUT2D eigenvalue weighted by atomic mass is 35.5. The second kappa shape index (κ2) is 13.6. The number of amides is 2. The zero-order chi connectivity index (χ0) is 28.7. The van der Waals surface area contributed by atoms with Crippen LogP contribution in [0.2, 0.25) is 10.0 Å². The van der Waals surface area contributed by atoms with Crippen LogP contribution in [0.4, 0.5) is 0 Å². The zero-order valence-electron chi connectivity index (χ0n) is 23.5. The second-order valence-corrected chi connectivity index (χ2v) is 12.3. The molecule has 3 aromatic carbocycles. The van der Waals surface area contributed by atoms with Gasteiger partial charge in [0.05, 0.1) is 10.0 Å². The quantitative estimate of drug-likeness (QED) is 0.272. The van der Waals surface area contributed by atoms with Gasteiger partial charge < -0.3 is 15.0 Å². The van der Waals surface area contributed by atoms with Crippen molar-refractivity contribution in [1.29, 1.82) is 0 Å². The van der Waals surface area contributed by atoms with Gasteiger partial charge in [0, 0.05) is 19.0 Å². The lowest BCUT2D eigenvalue weighted by Gasteiger charge is -2.32. The smallest absolute Gasteiger partial charge is 0.261 e. The summed E-state index contributed by atoms with van der Waals surface area (Å²) in [7, 11) is 0. The molecular formula is C33H38Cl2N2O3.